The molecule has 0 spiro atoms. The third kappa shape index (κ3) is 11.2. The van der Waals surface area contributed by atoms with Crippen molar-refractivity contribution in [2.24, 2.45) is 5.73 Å². The van der Waals surface area contributed by atoms with Gasteiger partial charge in [-0.3, -0.25) is 0 Å². The van der Waals surface area contributed by atoms with Crippen molar-refractivity contribution in [1.29, 1.82) is 0 Å². The Bertz CT molecular complexity index is 152. The van der Waals surface area contributed by atoms with Crippen molar-refractivity contribution in [3.63, 3.8) is 0 Å². The number of ether oxygens (including phenoxy) is 1. The molecule has 0 fully saturated rings. The number of unbranched alkanes of at least 4 members (excludes halogenated alkanes) is 4. The summed E-state index contributed by atoms with van der Waals surface area (Å²) in [7, 11) is 0. The van der Waals surface area contributed by atoms with E-state index in [-0.39, 0.29) is 6.09 Å². The number of nitrogens with two attached hydrogens (primary N) is 1. The summed E-state index contributed by atoms with van der Waals surface area (Å²) in [6.45, 7) is 4.05. The third-order valence-electron chi connectivity index (χ3n) is 2.13. The molecule has 15 heavy (non-hydrogen) atoms. The summed E-state index contributed by atoms with van der Waals surface area (Å²) in [6, 6.07) is 0. The lowest BCUT2D eigenvalue weighted by Crippen LogP contribution is -2.25. The van der Waals surface area contributed by atoms with Gasteiger partial charge in [-0.15, -0.1) is 0 Å². The molecule has 0 unspecified atom stereocenters. The monoisotopic (exact) mass is 216 g/mol. The van der Waals surface area contributed by atoms with Crippen molar-refractivity contribution in [2.45, 2.75) is 45.4 Å². The van der Waals surface area contributed by atoms with Crippen LogP contribution in [0, 0.1) is 0 Å². The van der Waals surface area contributed by atoms with Crippen LogP contribution in [0.3, 0.4) is 0 Å². The molecule has 0 aromatic heterocycles. The Labute approximate surface area is 92.6 Å². The SMILES string of the molecule is CCCCOC(=O)NCCCCCCN. The van der Waals surface area contributed by atoms with E-state index in [9.17, 15) is 4.79 Å². The van der Waals surface area contributed by atoms with Crippen molar-refractivity contribution in [3.8, 4) is 0 Å². The number of alkyl carbamates (subject to hydrolysis) is 1. The van der Waals surface area contributed by atoms with E-state index in [0.717, 1.165) is 45.1 Å². The molecule has 0 aliphatic heterocycles. The van der Waals surface area contributed by atoms with Gasteiger partial charge in [-0.05, 0) is 25.8 Å². The summed E-state index contributed by atoms with van der Waals surface area (Å²) in [5, 5.41) is 2.73. The minimum atomic E-state index is -0.290. The van der Waals surface area contributed by atoms with Crippen molar-refractivity contribution in [1.82, 2.24) is 5.32 Å². The first kappa shape index (κ1) is 14.2. The van der Waals surface area contributed by atoms with E-state index in [1.165, 1.54) is 0 Å². The molecular weight excluding hydrogens is 192 g/mol. The smallest absolute Gasteiger partial charge is 0.407 e. The molecule has 1 amide bonds. The van der Waals surface area contributed by atoms with E-state index in [0.29, 0.717) is 13.2 Å². The Balaban J connectivity index is 3.10. The molecule has 0 radical (unpaired) electrons. The maximum absolute atomic E-state index is 11.1. The van der Waals surface area contributed by atoms with Gasteiger partial charge in [0.05, 0.1) is 6.61 Å². The predicted octanol–water partition coefficient (Wildman–Crippen LogP) is 2.03. The number of nitrogens with one attached hydrogen (secondary N) is 1. The minimum absolute atomic E-state index is 0.290. The number of hydrogen-bond donors (Lipinski definition) is 2. The molecule has 0 bridgehead atoms. The molecule has 0 aromatic rings. The summed E-state index contributed by atoms with van der Waals surface area (Å²) in [6.07, 6.45) is 6.03. The van der Waals surface area contributed by atoms with Crippen LogP contribution in [0.15, 0.2) is 0 Å². The number of hydrogen-bond acceptors (Lipinski definition) is 3. The van der Waals surface area contributed by atoms with Crippen LogP contribution in [0.4, 0.5) is 4.79 Å². The molecule has 0 heterocycles. The second-order valence-electron chi connectivity index (χ2n) is 3.62. The first-order chi connectivity index (χ1) is 7.31. The van der Waals surface area contributed by atoms with Gasteiger partial charge in [0.15, 0.2) is 0 Å². The fourth-order valence-corrected chi connectivity index (χ4v) is 1.17. The highest BCUT2D eigenvalue weighted by molar-refractivity contribution is 5.66. The maximum atomic E-state index is 11.1. The summed E-state index contributed by atoms with van der Waals surface area (Å²) in [5.41, 5.74) is 5.37. The zero-order valence-corrected chi connectivity index (χ0v) is 9.76. The van der Waals surface area contributed by atoms with E-state index in [1.54, 1.807) is 0 Å². The maximum Gasteiger partial charge on any atom is 0.407 e. The Hall–Kier alpha value is -0.770. The highest BCUT2D eigenvalue weighted by Crippen LogP contribution is 1.97. The lowest BCUT2D eigenvalue weighted by Gasteiger charge is -2.05. The standard InChI is InChI=1S/C11H24N2O2/c1-2-3-10-15-11(14)13-9-7-5-4-6-8-12/h2-10,12H2,1H3,(H,13,14). The van der Waals surface area contributed by atoms with Crippen LogP contribution in [-0.4, -0.2) is 25.8 Å². The quantitative estimate of drug-likeness (QED) is 0.580. The molecule has 0 rings (SSSR count). The highest BCUT2D eigenvalue weighted by atomic mass is 16.5. The van der Waals surface area contributed by atoms with Crippen LogP contribution < -0.4 is 11.1 Å². The molecule has 0 atom stereocenters. The zero-order chi connectivity index (χ0) is 11.4. The molecule has 90 valence electrons. The van der Waals surface area contributed by atoms with Crippen LogP contribution in [0.2, 0.25) is 0 Å². The van der Waals surface area contributed by atoms with Crippen molar-refractivity contribution < 1.29 is 9.53 Å². The van der Waals surface area contributed by atoms with Gasteiger partial charge in [0.25, 0.3) is 0 Å². The molecule has 0 aromatic carbocycles. The Morgan fingerprint density at radius 1 is 1.20 bits per heavy atom. The second kappa shape index (κ2) is 11.3. The van der Waals surface area contributed by atoms with Crippen molar-refractivity contribution in [2.75, 3.05) is 19.7 Å². The first-order valence-corrected chi connectivity index (χ1v) is 5.92. The fraction of sp³-hybridized carbons (Fsp3) is 0.909. The molecular formula is C11H24N2O2. The average molecular weight is 216 g/mol. The van der Waals surface area contributed by atoms with Gasteiger partial charge < -0.3 is 15.8 Å². The average Bonchev–Trinajstić information content (AvgIpc) is 2.23. The molecule has 0 saturated heterocycles. The number of carbonyl (C=O) groups is 1. The van der Waals surface area contributed by atoms with E-state index in [4.69, 9.17) is 10.5 Å². The van der Waals surface area contributed by atoms with Crippen molar-refractivity contribution in [3.05, 3.63) is 0 Å². The molecule has 3 N–H and O–H groups in total. The Morgan fingerprint density at radius 3 is 2.60 bits per heavy atom. The van der Waals surface area contributed by atoms with Crippen molar-refractivity contribution >= 4 is 6.09 Å². The minimum Gasteiger partial charge on any atom is -0.450 e. The van der Waals surface area contributed by atoms with Crippen LogP contribution in [-0.2, 0) is 4.74 Å². The van der Waals surface area contributed by atoms with E-state index in [2.05, 4.69) is 12.2 Å². The largest absolute Gasteiger partial charge is 0.450 e. The van der Waals surface area contributed by atoms with Crippen LogP contribution in [0.5, 0.6) is 0 Å². The van der Waals surface area contributed by atoms with Gasteiger partial charge in [-0.25, -0.2) is 4.79 Å². The lowest BCUT2D eigenvalue weighted by atomic mass is 10.2. The van der Waals surface area contributed by atoms with E-state index >= 15 is 0 Å². The predicted molar refractivity (Wildman–Crippen MR) is 61.8 cm³/mol. The summed E-state index contributed by atoms with van der Waals surface area (Å²) < 4.78 is 4.94. The highest BCUT2D eigenvalue weighted by Gasteiger charge is 1.99. The van der Waals surface area contributed by atoms with Crippen LogP contribution >= 0.6 is 0 Å². The van der Waals surface area contributed by atoms with Gasteiger partial charge >= 0.3 is 6.09 Å². The first-order valence-electron chi connectivity index (χ1n) is 5.92. The topological polar surface area (TPSA) is 64.3 Å². The van der Waals surface area contributed by atoms with E-state index in [1.807, 2.05) is 0 Å². The van der Waals surface area contributed by atoms with Gasteiger partial charge in [0.2, 0.25) is 0 Å². The Kier molecular flexibility index (Phi) is 10.7. The molecule has 0 aliphatic carbocycles. The summed E-state index contributed by atoms with van der Waals surface area (Å²) in [5.74, 6) is 0. The fourth-order valence-electron chi connectivity index (χ4n) is 1.17. The van der Waals surface area contributed by atoms with Gasteiger partial charge in [-0.2, -0.15) is 0 Å². The number of rotatable bonds is 9. The second-order valence-corrected chi connectivity index (χ2v) is 3.62. The summed E-state index contributed by atoms with van der Waals surface area (Å²) in [4.78, 5) is 11.1. The zero-order valence-electron chi connectivity index (χ0n) is 9.76. The number of amides is 1. The van der Waals surface area contributed by atoms with Gasteiger partial charge in [-0.1, -0.05) is 26.2 Å². The lowest BCUT2D eigenvalue weighted by molar-refractivity contribution is 0.144. The third-order valence-corrected chi connectivity index (χ3v) is 2.13. The number of carbonyl (C=O) groups excluding carboxylic acids is 1. The van der Waals surface area contributed by atoms with Crippen LogP contribution in [0.25, 0.3) is 0 Å². The van der Waals surface area contributed by atoms with Crippen LogP contribution in [0.1, 0.15) is 45.4 Å². The Morgan fingerprint density at radius 2 is 1.93 bits per heavy atom. The van der Waals surface area contributed by atoms with E-state index < -0.39 is 0 Å². The van der Waals surface area contributed by atoms with Gasteiger partial charge in [0.1, 0.15) is 0 Å². The van der Waals surface area contributed by atoms with Gasteiger partial charge in [0, 0.05) is 6.54 Å². The molecule has 0 aliphatic rings. The molecule has 0 saturated carbocycles. The normalized spacial score (nSPS) is 10.0. The summed E-state index contributed by atoms with van der Waals surface area (Å²) >= 11 is 0. The molecule has 4 heteroatoms. The molecule has 4 nitrogen and oxygen atoms in total.